The van der Waals surface area contributed by atoms with E-state index in [1.54, 1.807) is 4.90 Å². The number of carboxylic acids is 1. The minimum absolute atomic E-state index is 0.0187. The number of rotatable bonds is 4. The number of carboxylic acid groups (broad SMARTS) is 1. The first kappa shape index (κ1) is 15.5. The van der Waals surface area contributed by atoms with Crippen LogP contribution in [-0.4, -0.2) is 41.1 Å². The summed E-state index contributed by atoms with van der Waals surface area (Å²) in [6, 6.07) is -0.490. The van der Waals surface area contributed by atoms with Gasteiger partial charge < -0.3 is 15.3 Å². The third-order valence-electron chi connectivity index (χ3n) is 2.95. The molecule has 5 nitrogen and oxygen atoms in total. The van der Waals surface area contributed by atoms with Crippen molar-refractivity contribution in [3.05, 3.63) is 12.2 Å². The van der Waals surface area contributed by atoms with Gasteiger partial charge in [-0.15, -0.1) is 0 Å². The summed E-state index contributed by atoms with van der Waals surface area (Å²) < 4.78 is 0. The van der Waals surface area contributed by atoms with Crippen LogP contribution in [0.25, 0.3) is 0 Å². The Morgan fingerprint density at radius 2 is 2.05 bits per heavy atom. The molecule has 108 valence electrons. The fraction of sp³-hybridized carbons (Fsp3) is 0.714. The Kier molecular flexibility index (Phi) is 5.39. The fourth-order valence-corrected chi connectivity index (χ4v) is 2.22. The van der Waals surface area contributed by atoms with Gasteiger partial charge in [-0.3, -0.25) is 4.79 Å². The molecule has 0 bridgehead atoms. The van der Waals surface area contributed by atoms with E-state index in [4.69, 9.17) is 5.11 Å². The summed E-state index contributed by atoms with van der Waals surface area (Å²) in [4.78, 5) is 24.6. The topological polar surface area (TPSA) is 69.6 Å². The monoisotopic (exact) mass is 268 g/mol. The molecule has 1 aliphatic heterocycles. The first-order valence-electron chi connectivity index (χ1n) is 6.70. The zero-order valence-electron chi connectivity index (χ0n) is 12.0. The molecule has 2 N–H and O–H groups in total. The molecule has 0 aromatic rings. The van der Waals surface area contributed by atoms with Crippen molar-refractivity contribution < 1.29 is 14.7 Å². The lowest BCUT2D eigenvalue weighted by atomic mass is 9.87. The zero-order chi connectivity index (χ0) is 14.5. The number of hydrogen-bond donors (Lipinski definition) is 2. The SMILES string of the molecule is CC(C)(C)CC(CC(=O)O)NC(=O)N1CC=CCC1. The number of nitrogens with zero attached hydrogens (tertiary/aromatic N) is 1. The summed E-state index contributed by atoms with van der Waals surface area (Å²) in [5.74, 6) is -0.881. The third kappa shape index (κ3) is 6.27. The second-order valence-electron chi connectivity index (χ2n) is 6.22. The average Bonchev–Trinajstić information content (AvgIpc) is 2.26. The predicted molar refractivity (Wildman–Crippen MR) is 74.0 cm³/mol. The number of carbonyl (C=O) groups is 2. The Balaban J connectivity index is 2.57. The van der Waals surface area contributed by atoms with Crippen LogP contribution in [0.5, 0.6) is 0 Å². The van der Waals surface area contributed by atoms with Crippen LogP contribution in [0.4, 0.5) is 4.79 Å². The first-order chi connectivity index (χ1) is 8.78. The van der Waals surface area contributed by atoms with Crippen molar-refractivity contribution in [2.45, 2.75) is 46.1 Å². The highest BCUT2D eigenvalue weighted by molar-refractivity contribution is 5.76. The lowest BCUT2D eigenvalue weighted by Crippen LogP contribution is -2.47. The van der Waals surface area contributed by atoms with E-state index in [1.165, 1.54) is 0 Å². The highest BCUT2D eigenvalue weighted by atomic mass is 16.4. The van der Waals surface area contributed by atoms with Gasteiger partial charge in [0.05, 0.1) is 6.42 Å². The second kappa shape index (κ2) is 6.59. The number of urea groups is 1. The Morgan fingerprint density at radius 1 is 1.37 bits per heavy atom. The molecule has 0 fully saturated rings. The van der Waals surface area contributed by atoms with Crippen LogP contribution >= 0.6 is 0 Å². The van der Waals surface area contributed by atoms with Gasteiger partial charge >= 0.3 is 12.0 Å². The van der Waals surface area contributed by atoms with Crippen molar-refractivity contribution in [1.82, 2.24) is 10.2 Å². The van der Waals surface area contributed by atoms with E-state index >= 15 is 0 Å². The highest BCUT2D eigenvalue weighted by Gasteiger charge is 2.24. The maximum atomic E-state index is 12.1. The van der Waals surface area contributed by atoms with E-state index in [-0.39, 0.29) is 23.9 Å². The zero-order valence-corrected chi connectivity index (χ0v) is 12.0. The molecule has 1 unspecified atom stereocenters. The van der Waals surface area contributed by atoms with E-state index in [0.29, 0.717) is 19.5 Å². The van der Waals surface area contributed by atoms with Crippen LogP contribution < -0.4 is 5.32 Å². The molecule has 1 heterocycles. The molecular formula is C14H24N2O3. The number of nitrogens with one attached hydrogen (secondary N) is 1. The Hall–Kier alpha value is -1.52. The molecule has 0 aromatic heterocycles. The average molecular weight is 268 g/mol. The Morgan fingerprint density at radius 3 is 2.53 bits per heavy atom. The van der Waals surface area contributed by atoms with E-state index in [0.717, 1.165) is 6.42 Å². The minimum atomic E-state index is -0.881. The summed E-state index contributed by atoms with van der Waals surface area (Å²) in [5, 5.41) is 11.8. The van der Waals surface area contributed by atoms with Crippen molar-refractivity contribution in [2.75, 3.05) is 13.1 Å². The molecular weight excluding hydrogens is 244 g/mol. The molecule has 1 aliphatic rings. The molecule has 1 rings (SSSR count). The normalized spacial score (nSPS) is 17.1. The first-order valence-corrected chi connectivity index (χ1v) is 6.70. The molecule has 5 heteroatoms. The standard InChI is InChI=1S/C14H24N2O3/c1-14(2,3)10-11(9-12(17)18)15-13(19)16-7-5-4-6-8-16/h4-5,11H,6-10H2,1-3H3,(H,15,19)(H,17,18). The van der Waals surface area contributed by atoms with Crippen molar-refractivity contribution >= 4 is 12.0 Å². The van der Waals surface area contributed by atoms with Gasteiger partial charge in [-0.2, -0.15) is 0 Å². The van der Waals surface area contributed by atoms with Crippen LogP contribution in [0.15, 0.2) is 12.2 Å². The molecule has 0 saturated carbocycles. The van der Waals surface area contributed by atoms with Crippen molar-refractivity contribution in [3.8, 4) is 0 Å². The number of hydrogen-bond acceptors (Lipinski definition) is 2. The molecule has 1 atom stereocenters. The van der Waals surface area contributed by atoms with Gasteiger partial charge in [0.2, 0.25) is 0 Å². The smallest absolute Gasteiger partial charge is 0.317 e. The van der Waals surface area contributed by atoms with E-state index in [1.807, 2.05) is 32.9 Å². The van der Waals surface area contributed by atoms with Crippen LogP contribution in [0.2, 0.25) is 0 Å². The lowest BCUT2D eigenvalue weighted by Gasteiger charge is -2.29. The van der Waals surface area contributed by atoms with Gasteiger partial charge in [-0.1, -0.05) is 32.9 Å². The molecule has 0 aromatic carbocycles. The summed E-state index contributed by atoms with van der Waals surface area (Å²) in [5.41, 5.74) is -0.0187. The summed E-state index contributed by atoms with van der Waals surface area (Å²) in [6.07, 6.45) is 5.48. The van der Waals surface area contributed by atoms with Gasteiger partial charge in [-0.05, 0) is 18.3 Å². The molecule has 19 heavy (non-hydrogen) atoms. The molecule has 0 radical (unpaired) electrons. The quantitative estimate of drug-likeness (QED) is 0.768. The van der Waals surface area contributed by atoms with Crippen LogP contribution in [0.3, 0.4) is 0 Å². The lowest BCUT2D eigenvalue weighted by molar-refractivity contribution is -0.137. The maximum absolute atomic E-state index is 12.1. The Bertz CT molecular complexity index is 358. The van der Waals surface area contributed by atoms with Crippen molar-refractivity contribution in [2.24, 2.45) is 5.41 Å². The van der Waals surface area contributed by atoms with E-state index in [2.05, 4.69) is 5.32 Å². The Labute approximate surface area is 114 Å². The van der Waals surface area contributed by atoms with Crippen molar-refractivity contribution in [1.29, 1.82) is 0 Å². The van der Waals surface area contributed by atoms with Gasteiger partial charge in [-0.25, -0.2) is 4.79 Å². The predicted octanol–water partition coefficient (Wildman–Crippen LogP) is 2.24. The number of aliphatic carboxylic acids is 1. The molecule has 0 saturated heterocycles. The minimum Gasteiger partial charge on any atom is -0.481 e. The largest absolute Gasteiger partial charge is 0.481 e. The highest BCUT2D eigenvalue weighted by Crippen LogP contribution is 2.22. The molecule has 0 aliphatic carbocycles. The number of amides is 2. The number of carbonyl (C=O) groups excluding carboxylic acids is 1. The van der Waals surface area contributed by atoms with Crippen LogP contribution in [-0.2, 0) is 4.79 Å². The maximum Gasteiger partial charge on any atom is 0.317 e. The third-order valence-corrected chi connectivity index (χ3v) is 2.95. The van der Waals surface area contributed by atoms with Gasteiger partial charge in [0.1, 0.15) is 0 Å². The van der Waals surface area contributed by atoms with Crippen LogP contribution in [0, 0.1) is 5.41 Å². The summed E-state index contributed by atoms with van der Waals surface area (Å²) >= 11 is 0. The summed E-state index contributed by atoms with van der Waals surface area (Å²) in [6.45, 7) is 7.41. The van der Waals surface area contributed by atoms with E-state index < -0.39 is 5.97 Å². The molecule has 2 amide bonds. The van der Waals surface area contributed by atoms with Crippen LogP contribution in [0.1, 0.15) is 40.0 Å². The van der Waals surface area contributed by atoms with Crippen molar-refractivity contribution in [3.63, 3.8) is 0 Å². The van der Waals surface area contributed by atoms with E-state index in [9.17, 15) is 9.59 Å². The molecule has 0 spiro atoms. The second-order valence-corrected chi connectivity index (χ2v) is 6.22. The fourth-order valence-electron chi connectivity index (χ4n) is 2.22. The van der Waals surface area contributed by atoms with Gasteiger partial charge in [0.15, 0.2) is 0 Å². The summed E-state index contributed by atoms with van der Waals surface area (Å²) in [7, 11) is 0. The van der Waals surface area contributed by atoms with Gasteiger partial charge in [0, 0.05) is 19.1 Å². The van der Waals surface area contributed by atoms with Gasteiger partial charge in [0.25, 0.3) is 0 Å².